The molecule has 0 aliphatic carbocycles. The van der Waals surface area contributed by atoms with E-state index in [1.54, 1.807) is 0 Å². The van der Waals surface area contributed by atoms with Crippen molar-refractivity contribution in [2.45, 2.75) is 12.6 Å². The lowest BCUT2D eigenvalue weighted by molar-refractivity contribution is -0.132. The lowest BCUT2D eigenvalue weighted by Crippen LogP contribution is -2.25. The molecule has 0 amide bonds. The van der Waals surface area contributed by atoms with Crippen LogP contribution in [0, 0.1) is 0 Å². The van der Waals surface area contributed by atoms with Gasteiger partial charge >= 0.3 is 6.18 Å². The molecule has 1 aromatic heterocycles. The Bertz CT molecular complexity index is 371. The van der Waals surface area contributed by atoms with Gasteiger partial charge < -0.3 is 4.90 Å². The van der Waals surface area contributed by atoms with Gasteiger partial charge in [-0.15, -0.1) is 10.2 Å². The molecular weight excluding hydrogens is 268 g/mol. The van der Waals surface area contributed by atoms with Crippen molar-refractivity contribution in [1.82, 2.24) is 15.2 Å². The fourth-order valence-electron chi connectivity index (χ4n) is 0.929. The minimum atomic E-state index is -4.23. The van der Waals surface area contributed by atoms with E-state index >= 15 is 0 Å². The standard InChI is InChI=1S/C7H7Cl2F3N4/c1-16(3-2-7(10,11)12)5-4(8)14-15-6(9)13-5/h2-3H2,1H3. The average molecular weight is 275 g/mol. The van der Waals surface area contributed by atoms with Gasteiger partial charge in [-0.25, -0.2) is 0 Å². The summed E-state index contributed by atoms with van der Waals surface area (Å²) in [5.74, 6) is 0.0749. The molecule has 16 heavy (non-hydrogen) atoms. The first-order valence-corrected chi connectivity index (χ1v) is 4.89. The molecule has 0 N–H and O–H groups in total. The van der Waals surface area contributed by atoms with Crippen LogP contribution >= 0.6 is 23.2 Å². The normalized spacial score (nSPS) is 11.6. The highest BCUT2D eigenvalue weighted by Gasteiger charge is 2.27. The lowest BCUT2D eigenvalue weighted by Gasteiger charge is -2.19. The zero-order valence-corrected chi connectivity index (χ0v) is 9.60. The Hall–Kier alpha value is -0.820. The van der Waals surface area contributed by atoms with E-state index in [4.69, 9.17) is 23.2 Å². The van der Waals surface area contributed by atoms with E-state index in [1.807, 2.05) is 0 Å². The van der Waals surface area contributed by atoms with E-state index < -0.39 is 12.6 Å². The molecule has 0 aliphatic heterocycles. The van der Waals surface area contributed by atoms with Gasteiger partial charge in [-0.1, -0.05) is 11.6 Å². The molecule has 4 nitrogen and oxygen atoms in total. The maximum atomic E-state index is 12.0. The van der Waals surface area contributed by atoms with E-state index in [-0.39, 0.29) is 22.8 Å². The zero-order chi connectivity index (χ0) is 12.3. The smallest absolute Gasteiger partial charge is 0.357 e. The van der Waals surface area contributed by atoms with Gasteiger partial charge in [0.05, 0.1) is 6.42 Å². The Morgan fingerprint density at radius 2 is 1.88 bits per heavy atom. The SMILES string of the molecule is CN(CCC(F)(F)F)c1nc(Cl)nnc1Cl. The average Bonchev–Trinajstić information content (AvgIpc) is 2.17. The summed E-state index contributed by atoms with van der Waals surface area (Å²) in [6.07, 6.45) is -5.20. The minimum absolute atomic E-state index is 0.0749. The highest BCUT2D eigenvalue weighted by molar-refractivity contribution is 6.32. The Labute approximate surface area is 99.4 Å². The zero-order valence-electron chi connectivity index (χ0n) is 8.09. The minimum Gasteiger partial charge on any atom is -0.357 e. The number of anilines is 1. The van der Waals surface area contributed by atoms with Crippen molar-refractivity contribution >= 4 is 29.0 Å². The number of hydrogen-bond acceptors (Lipinski definition) is 4. The van der Waals surface area contributed by atoms with Crippen molar-refractivity contribution in [2.24, 2.45) is 0 Å². The summed E-state index contributed by atoms with van der Waals surface area (Å²) in [6.45, 7) is -0.280. The first-order chi connectivity index (χ1) is 7.29. The van der Waals surface area contributed by atoms with Gasteiger partial charge in [0.2, 0.25) is 5.28 Å². The molecule has 0 aromatic carbocycles. The molecule has 0 fully saturated rings. The second-order valence-electron chi connectivity index (χ2n) is 2.98. The van der Waals surface area contributed by atoms with Crippen LogP contribution in [0.3, 0.4) is 0 Å². The van der Waals surface area contributed by atoms with E-state index in [1.165, 1.54) is 11.9 Å². The number of rotatable bonds is 3. The second-order valence-corrected chi connectivity index (χ2v) is 3.68. The Morgan fingerprint density at radius 3 is 2.44 bits per heavy atom. The van der Waals surface area contributed by atoms with Crippen LogP contribution in [-0.2, 0) is 0 Å². The highest BCUT2D eigenvalue weighted by Crippen LogP contribution is 2.24. The molecule has 0 unspecified atom stereocenters. The van der Waals surface area contributed by atoms with Gasteiger partial charge in [0.1, 0.15) is 0 Å². The first-order valence-electron chi connectivity index (χ1n) is 4.13. The summed E-state index contributed by atoms with van der Waals surface area (Å²) in [4.78, 5) is 4.91. The summed E-state index contributed by atoms with van der Waals surface area (Å²) in [5.41, 5.74) is 0. The third-order valence-electron chi connectivity index (χ3n) is 1.70. The van der Waals surface area contributed by atoms with Crippen molar-refractivity contribution in [3.63, 3.8) is 0 Å². The molecule has 1 heterocycles. The van der Waals surface area contributed by atoms with Crippen LogP contribution in [0.15, 0.2) is 0 Å². The predicted molar refractivity (Wildman–Crippen MR) is 53.8 cm³/mol. The molecule has 0 spiro atoms. The quantitative estimate of drug-likeness (QED) is 0.850. The van der Waals surface area contributed by atoms with Crippen molar-refractivity contribution in [2.75, 3.05) is 18.5 Å². The third-order valence-corrected chi connectivity index (χ3v) is 2.10. The molecular formula is C7H7Cl2F3N4. The molecule has 0 bridgehead atoms. The Balaban J connectivity index is 2.73. The first kappa shape index (κ1) is 13.2. The predicted octanol–water partition coefficient (Wildman–Crippen LogP) is 2.57. The molecule has 0 aliphatic rings. The summed E-state index contributed by atoms with van der Waals surface area (Å²) < 4.78 is 35.9. The second kappa shape index (κ2) is 5.01. The van der Waals surface area contributed by atoms with E-state index in [9.17, 15) is 13.2 Å². The van der Waals surface area contributed by atoms with E-state index in [2.05, 4.69) is 15.2 Å². The maximum absolute atomic E-state index is 12.0. The fourth-order valence-corrected chi connectivity index (χ4v) is 1.27. The van der Waals surface area contributed by atoms with Crippen LogP contribution in [0.25, 0.3) is 0 Å². The van der Waals surface area contributed by atoms with Crippen LogP contribution < -0.4 is 4.90 Å². The van der Waals surface area contributed by atoms with Crippen molar-refractivity contribution in [3.8, 4) is 0 Å². The summed E-state index contributed by atoms with van der Waals surface area (Å²) in [7, 11) is 1.41. The molecule has 0 atom stereocenters. The maximum Gasteiger partial charge on any atom is 0.390 e. The van der Waals surface area contributed by atoms with Gasteiger partial charge in [0.25, 0.3) is 0 Å². The van der Waals surface area contributed by atoms with Crippen molar-refractivity contribution in [1.29, 1.82) is 0 Å². The molecule has 1 rings (SSSR count). The molecule has 0 saturated heterocycles. The summed E-state index contributed by atoms with van der Waals surface area (Å²) >= 11 is 11.1. The number of halogens is 5. The van der Waals surface area contributed by atoms with Gasteiger partial charge in [0, 0.05) is 13.6 Å². The van der Waals surface area contributed by atoms with Gasteiger partial charge in [-0.3, -0.25) is 0 Å². The Kier molecular flexibility index (Phi) is 4.15. The summed E-state index contributed by atoms with van der Waals surface area (Å²) in [5, 5.41) is 6.54. The van der Waals surface area contributed by atoms with Crippen molar-refractivity contribution in [3.05, 3.63) is 10.4 Å². The van der Waals surface area contributed by atoms with Gasteiger partial charge in [-0.2, -0.15) is 18.2 Å². The number of nitrogens with zero attached hydrogens (tertiary/aromatic N) is 4. The highest BCUT2D eigenvalue weighted by atomic mass is 35.5. The Morgan fingerprint density at radius 1 is 1.25 bits per heavy atom. The molecule has 1 aromatic rings. The van der Waals surface area contributed by atoms with Crippen LogP contribution in [0.1, 0.15) is 6.42 Å². The molecule has 0 saturated carbocycles. The molecule has 9 heteroatoms. The number of alkyl halides is 3. The largest absolute Gasteiger partial charge is 0.390 e. The summed E-state index contributed by atoms with van der Waals surface area (Å²) in [6, 6.07) is 0. The van der Waals surface area contributed by atoms with Crippen LogP contribution in [-0.4, -0.2) is 35.0 Å². The third kappa shape index (κ3) is 3.97. The molecule has 90 valence electrons. The monoisotopic (exact) mass is 274 g/mol. The number of hydrogen-bond donors (Lipinski definition) is 0. The molecule has 0 radical (unpaired) electrons. The van der Waals surface area contributed by atoms with Gasteiger partial charge in [0.15, 0.2) is 11.0 Å². The topological polar surface area (TPSA) is 41.9 Å². The van der Waals surface area contributed by atoms with Gasteiger partial charge in [-0.05, 0) is 11.6 Å². The van der Waals surface area contributed by atoms with Crippen LogP contribution in [0.5, 0.6) is 0 Å². The van der Waals surface area contributed by atoms with E-state index in [0.29, 0.717) is 0 Å². The van der Waals surface area contributed by atoms with E-state index in [0.717, 1.165) is 0 Å². The fraction of sp³-hybridized carbons (Fsp3) is 0.571. The number of aromatic nitrogens is 3. The van der Waals surface area contributed by atoms with Crippen molar-refractivity contribution < 1.29 is 13.2 Å². The van der Waals surface area contributed by atoms with Crippen LogP contribution in [0.2, 0.25) is 10.4 Å². The lowest BCUT2D eigenvalue weighted by atomic mass is 10.4. The van der Waals surface area contributed by atoms with Crippen LogP contribution in [0.4, 0.5) is 19.0 Å².